The first kappa shape index (κ1) is 26.6. The van der Waals surface area contributed by atoms with E-state index in [1.54, 1.807) is 23.6 Å². The lowest BCUT2D eigenvalue weighted by Gasteiger charge is -2.25. The number of benzene rings is 3. The Morgan fingerprint density at radius 2 is 1.85 bits per heavy atom. The van der Waals surface area contributed by atoms with Crippen LogP contribution in [-0.4, -0.2) is 35.4 Å². The number of thiophene rings is 1. The molecule has 0 saturated carbocycles. The molecule has 5 rings (SSSR count). The molecule has 1 amide bonds. The second kappa shape index (κ2) is 12.3. The Bertz CT molecular complexity index is 1610. The number of nitrogens with two attached hydrogens (primary N) is 2. The molecule has 0 aliphatic heterocycles. The number of anilines is 4. The predicted octanol–water partition coefficient (Wildman–Crippen LogP) is 5.97. The molecule has 0 spiro atoms. The first-order valence-corrected chi connectivity index (χ1v) is 13.6. The van der Waals surface area contributed by atoms with Crippen LogP contribution in [0.4, 0.5) is 27.9 Å². The average molecular weight is 552 g/mol. The standard InChI is InChI=1S/C30H29N7O2S/c31-18-22-15-23(17-24(28(22)32)26-16-21-9-4-5-10-25(21)40-26)37(27-11-13-34-29(33)36-27)14-6-12-35-30(38)39-19-20-7-2-1-3-8-20/h1-5,7-11,13,15-18,31H,6,12,14,19,32H2,(H,35,38)(H2,33,34,36). The monoisotopic (exact) mass is 551 g/mol. The van der Waals surface area contributed by atoms with Gasteiger partial charge >= 0.3 is 6.09 Å². The summed E-state index contributed by atoms with van der Waals surface area (Å²) in [5.74, 6) is 0.750. The second-order valence-corrected chi connectivity index (χ2v) is 10.1. The van der Waals surface area contributed by atoms with E-state index in [0.29, 0.717) is 36.6 Å². The lowest BCUT2D eigenvalue weighted by molar-refractivity contribution is 0.139. The van der Waals surface area contributed by atoms with Crippen molar-refractivity contribution in [1.82, 2.24) is 15.3 Å². The van der Waals surface area contributed by atoms with E-state index in [0.717, 1.165) is 31.8 Å². The molecule has 0 aliphatic rings. The molecule has 0 atom stereocenters. The van der Waals surface area contributed by atoms with E-state index in [9.17, 15) is 4.79 Å². The van der Waals surface area contributed by atoms with Crippen molar-refractivity contribution in [2.75, 3.05) is 29.5 Å². The first-order chi connectivity index (χ1) is 19.5. The Hall–Kier alpha value is -4.96. The highest BCUT2D eigenvalue weighted by Crippen LogP contribution is 2.40. The minimum absolute atomic E-state index is 0.151. The molecular weight excluding hydrogens is 522 g/mol. The molecule has 202 valence electrons. The number of nitrogens with one attached hydrogen (secondary N) is 2. The quantitative estimate of drug-likeness (QED) is 0.0950. The van der Waals surface area contributed by atoms with Gasteiger partial charge < -0.3 is 31.8 Å². The number of nitrogen functional groups attached to an aromatic ring is 2. The largest absolute Gasteiger partial charge is 0.445 e. The highest BCUT2D eigenvalue weighted by molar-refractivity contribution is 7.22. The molecule has 2 aromatic heterocycles. The number of alkyl carbamates (subject to hydrolysis) is 1. The van der Waals surface area contributed by atoms with Gasteiger partial charge in [-0.25, -0.2) is 9.78 Å². The summed E-state index contributed by atoms with van der Waals surface area (Å²) >= 11 is 1.65. The average Bonchev–Trinajstić information content (AvgIpc) is 3.41. The van der Waals surface area contributed by atoms with Crippen LogP contribution in [0.1, 0.15) is 17.5 Å². The molecule has 3 aromatic carbocycles. The summed E-state index contributed by atoms with van der Waals surface area (Å²) in [6.45, 7) is 1.10. The van der Waals surface area contributed by atoms with Crippen molar-refractivity contribution in [1.29, 1.82) is 5.41 Å². The van der Waals surface area contributed by atoms with E-state index in [1.807, 2.05) is 59.5 Å². The molecule has 6 N–H and O–H groups in total. The molecule has 10 heteroatoms. The summed E-state index contributed by atoms with van der Waals surface area (Å²) < 4.78 is 6.47. The van der Waals surface area contributed by atoms with Gasteiger partial charge in [0, 0.05) is 57.6 Å². The molecular formula is C30H29N7O2S. The molecule has 0 radical (unpaired) electrons. The van der Waals surface area contributed by atoms with Crippen molar-refractivity contribution in [3.05, 3.63) is 96.2 Å². The summed E-state index contributed by atoms with van der Waals surface area (Å²) in [5, 5.41) is 12.0. The minimum atomic E-state index is -0.479. The highest BCUT2D eigenvalue weighted by atomic mass is 32.1. The van der Waals surface area contributed by atoms with Crippen LogP contribution >= 0.6 is 11.3 Å². The third kappa shape index (κ3) is 6.19. The maximum Gasteiger partial charge on any atom is 0.407 e. The maximum atomic E-state index is 12.2. The number of fused-ring (bicyclic) bond motifs is 1. The second-order valence-electron chi connectivity index (χ2n) is 9.06. The van der Waals surface area contributed by atoms with Crippen LogP contribution in [-0.2, 0) is 11.3 Å². The van der Waals surface area contributed by atoms with Gasteiger partial charge in [0.25, 0.3) is 0 Å². The van der Waals surface area contributed by atoms with Crippen molar-refractivity contribution in [2.24, 2.45) is 0 Å². The van der Waals surface area contributed by atoms with Gasteiger partial charge in [0.15, 0.2) is 0 Å². The van der Waals surface area contributed by atoms with Crippen LogP contribution in [0.25, 0.3) is 20.5 Å². The lowest BCUT2D eigenvalue weighted by atomic mass is 10.0. The van der Waals surface area contributed by atoms with Crippen molar-refractivity contribution in [2.45, 2.75) is 13.0 Å². The van der Waals surface area contributed by atoms with Crippen molar-refractivity contribution in [3.8, 4) is 10.4 Å². The Morgan fingerprint density at radius 3 is 2.62 bits per heavy atom. The van der Waals surface area contributed by atoms with E-state index in [4.69, 9.17) is 21.6 Å². The molecule has 40 heavy (non-hydrogen) atoms. The van der Waals surface area contributed by atoms with Crippen LogP contribution in [0.2, 0.25) is 0 Å². The number of rotatable bonds is 10. The zero-order valence-corrected chi connectivity index (χ0v) is 22.5. The molecule has 0 unspecified atom stereocenters. The topological polar surface area (TPSA) is 143 Å². The van der Waals surface area contributed by atoms with Gasteiger partial charge in [-0.1, -0.05) is 48.5 Å². The number of carbonyl (C=O) groups excluding carboxylic acids is 1. The van der Waals surface area contributed by atoms with Crippen molar-refractivity contribution in [3.63, 3.8) is 0 Å². The summed E-state index contributed by atoms with van der Waals surface area (Å²) in [7, 11) is 0. The molecule has 5 aromatic rings. The summed E-state index contributed by atoms with van der Waals surface area (Å²) in [4.78, 5) is 23.7. The van der Waals surface area contributed by atoms with Crippen molar-refractivity contribution < 1.29 is 9.53 Å². The maximum absolute atomic E-state index is 12.2. The Morgan fingerprint density at radius 1 is 1.05 bits per heavy atom. The normalized spacial score (nSPS) is 10.8. The SMILES string of the molecule is N=Cc1cc(N(CCCNC(=O)OCc2ccccc2)c2ccnc(N)n2)cc(-c2cc3ccccc3s2)c1N. The number of hydrogen-bond acceptors (Lipinski definition) is 9. The number of ether oxygens (including phenoxy) is 1. The summed E-state index contributed by atoms with van der Waals surface area (Å²) in [6.07, 6.45) is 2.97. The van der Waals surface area contributed by atoms with Crippen LogP contribution in [0.3, 0.4) is 0 Å². The fourth-order valence-corrected chi connectivity index (χ4v) is 5.44. The molecule has 0 saturated heterocycles. The van der Waals surface area contributed by atoms with Crippen LogP contribution in [0.5, 0.6) is 0 Å². The Kier molecular flexibility index (Phi) is 8.17. The van der Waals surface area contributed by atoms with E-state index in [1.165, 1.54) is 6.21 Å². The van der Waals surface area contributed by atoms with E-state index >= 15 is 0 Å². The van der Waals surface area contributed by atoms with Gasteiger partial charge in [0.05, 0.1) is 0 Å². The molecule has 0 fully saturated rings. The number of carbonyl (C=O) groups is 1. The third-order valence-corrected chi connectivity index (χ3v) is 7.48. The van der Waals surface area contributed by atoms with Crippen LogP contribution in [0, 0.1) is 5.41 Å². The number of nitrogens with zero attached hydrogens (tertiary/aromatic N) is 3. The third-order valence-electron chi connectivity index (χ3n) is 6.33. The Labute approximate surface area is 236 Å². The number of amides is 1. The smallest absolute Gasteiger partial charge is 0.407 e. The highest BCUT2D eigenvalue weighted by Gasteiger charge is 2.18. The van der Waals surface area contributed by atoms with Gasteiger partial charge in [-0.15, -0.1) is 11.3 Å². The van der Waals surface area contributed by atoms with E-state index in [-0.39, 0.29) is 12.6 Å². The van der Waals surface area contributed by atoms with E-state index < -0.39 is 6.09 Å². The Balaban J connectivity index is 1.37. The zero-order valence-electron chi connectivity index (χ0n) is 21.7. The fourth-order valence-electron chi connectivity index (χ4n) is 4.35. The predicted molar refractivity (Wildman–Crippen MR) is 162 cm³/mol. The molecule has 0 bridgehead atoms. The zero-order chi connectivity index (χ0) is 27.9. The van der Waals surface area contributed by atoms with E-state index in [2.05, 4.69) is 33.5 Å². The van der Waals surface area contributed by atoms with Crippen molar-refractivity contribution >= 4 is 56.9 Å². The molecule has 9 nitrogen and oxygen atoms in total. The van der Waals surface area contributed by atoms with Gasteiger partial charge in [0.2, 0.25) is 5.95 Å². The fraction of sp³-hybridized carbons (Fsp3) is 0.133. The minimum Gasteiger partial charge on any atom is -0.445 e. The molecule has 2 heterocycles. The molecule has 0 aliphatic carbocycles. The summed E-state index contributed by atoms with van der Waals surface area (Å²) in [6, 6.07) is 25.4. The van der Waals surface area contributed by atoms with Crippen LogP contribution in [0.15, 0.2) is 85.1 Å². The van der Waals surface area contributed by atoms with Gasteiger partial charge in [-0.3, -0.25) is 0 Å². The van der Waals surface area contributed by atoms with Gasteiger partial charge in [-0.2, -0.15) is 4.98 Å². The van der Waals surface area contributed by atoms with Gasteiger partial charge in [0.1, 0.15) is 12.4 Å². The van der Waals surface area contributed by atoms with Gasteiger partial charge in [-0.05, 0) is 47.7 Å². The number of aromatic nitrogens is 2. The van der Waals surface area contributed by atoms with Crippen LogP contribution < -0.4 is 21.7 Å². The lowest BCUT2D eigenvalue weighted by Crippen LogP contribution is -2.29. The first-order valence-electron chi connectivity index (χ1n) is 12.8. The number of hydrogen-bond donors (Lipinski definition) is 4. The summed E-state index contributed by atoms with van der Waals surface area (Å²) in [5.41, 5.74) is 16.1.